The first kappa shape index (κ1) is 14.5. The van der Waals surface area contributed by atoms with Gasteiger partial charge in [-0.2, -0.15) is 0 Å². The van der Waals surface area contributed by atoms with Crippen LogP contribution in [0.4, 0.5) is 0 Å². The summed E-state index contributed by atoms with van der Waals surface area (Å²) in [5, 5.41) is 8.41. The Morgan fingerprint density at radius 1 is 1.53 bits per heavy atom. The van der Waals surface area contributed by atoms with Crippen LogP contribution in [0.5, 0.6) is 0 Å². The van der Waals surface area contributed by atoms with Crippen LogP contribution in [0, 0.1) is 0 Å². The SMILES string of the molecule is CNC1CCN(CC(=O)NC(C)c2cccs2)CC1. The molecule has 0 saturated carbocycles. The maximum atomic E-state index is 12.0. The van der Waals surface area contributed by atoms with Crippen molar-refractivity contribution in [1.29, 1.82) is 0 Å². The minimum absolute atomic E-state index is 0.113. The number of piperidine rings is 1. The zero-order valence-electron chi connectivity index (χ0n) is 11.7. The Bertz CT molecular complexity index is 385. The standard InChI is InChI=1S/C14H23N3OS/c1-11(13-4-3-9-19-13)16-14(18)10-17-7-5-12(15-2)6-8-17/h3-4,9,11-12,15H,5-8,10H2,1-2H3,(H,16,18). The zero-order chi connectivity index (χ0) is 13.7. The molecule has 0 aromatic carbocycles. The molecule has 1 aliphatic heterocycles. The van der Waals surface area contributed by atoms with E-state index < -0.39 is 0 Å². The van der Waals surface area contributed by atoms with E-state index in [-0.39, 0.29) is 11.9 Å². The quantitative estimate of drug-likeness (QED) is 0.862. The minimum Gasteiger partial charge on any atom is -0.348 e. The largest absolute Gasteiger partial charge is 0.348 e. The van der Waals surface area contributed by atoms with Gasteiger partial charge in [0.25, 0.3) is 0 Å². The molecule has 1 amide bonds. The van der Waals surface area contributed by atoms with Crippen molar-refractivity contribution in [2.24, 2.45) is 0 Å². The van der Waals surface area contributed by atoms with Crippen LogP contribution in [-0.2, 0) is 4.79 Å². The van der Waals surface area contributed by atoms with Crippen LogP contribution in [0.2, 0.25) is 0 Å². The van der Waals surface area contributed by atoms with Gasteiger partial charge in [0.2, 0.25) is 5.91 Å². The fourth-order valence-electron chi connectivity index (χ4n) is 2.48. The number of hydrogen-bond donors (Lipinski definition) is 2. The maximum absolute atomic E-state index is 12.0. The van der Waals surface area contributed by atoms with Crippen LogP contribution in [0.15, 0.2) is 17.5 Å². The van der Waals surface area contributed by atoms with Gasteiger partial charge in [0.15, 0.2) is 0 Å². The van der Waals surface area contributed by atoms with Gasteiger partial charge in [0, 0.05) is 24.0 Å². The molecule has 1 unspecified atom stereocenters. The fraction of sp³-hybridized carbons (Fsp3) is 0.643. The summed E-state index contributed by atoms with van der Waals surface area (Å²) in [7, 11) is 2.01. The van der Waals surface area contributed by atoms with Crippen molar-refractivity contribution in [3.63, 3.8) is 0 Å². The van der Waals surface area contributed by atoms with Crippen molar-refractivity contribution in [3.05, 3.63) is 22.4 Å². The van der Waals surface area contributed by atoms with Crippen LogP contribution >= 0.6 is 11.3 Å². The second-order valence-corrected chi connectivity index (χ2v) is 6.12. The lowest BCUT2D eigenvalue weighted by atomic mass is 10.1. The van der Waals surface area contributed by atoms with Gasteiger partial charge in [-0.25, -0.2) is 0 Å². The van der Waals surface area contributed by atoms with Gasteiger partial charge in [-0.1, -0.05) is 6.07 Å². The van der Waals surface area contributed by atoms with Crippen LogP contribution in [0.25, 0.3) is 0 Å². The Morgan fingerprint density at radius 2 is 2.26 bits per heavy atom. The van der Waals surface area contributed by atoms with E-state index in [0.29, 0.717) is 12.6 Å². The Labute approximate surface area is 119 Å². The predicted octanol–water partition coefficient (Wildman–Crippen LogP) is 1.61. The summed E-state index contributed by atoms with van der Waals surface area (Å²) in [6.45, 7) is 4.57. The third-order valence-electron chi connectivity index (χ3n) is 3.71. The highest BCUT2D eigenvalue weighted by atomic mass is 32.1. The van der Waals surface area contributed by atoms with E-state index in [2.05, 4.69) is 21.6 Å². The molecule has 5 heteroatoms. The molecule has 1 aromatic rings. The number of thiophene rings is 1. The molecule has 1 atom stereocenters. The summed E-state index contributed by atoms with van der Waals surface area (Å²) in [5.74, 6) is 0.129. The predicted molar refractivity (Wildman–Crippen MR) is 79.4 cm³/mol. The van der Waals surface area contributed by atoms with Crippen molar-refractivity contribution in [3.8, 4) is 0 Å². The van der Waals surface area contributed by atoms with E-state index in [9.17, 15) is 4.79 Å². The Kier molecular flexibility index (Phi) is 5.36. The minimum atomic E-state index is 0.113. The molecule has 106 valence electrons. The molecular weight excluding hydrogens is 258 g/mol. The molecule has 1 saturated heterocycles. The first-order chi connectivity index (χ1) is 9.19. The average molecular weight is 281 g/mol. The summed E-state index contributed by atoms with van der Waals surface area (Å²) >= 11 is 1.69. The van der Waals surface area contributed by atoms with Crippen molar-refractivity contribution in [2.75, 3.05) is 26.7 Å². The van der Waals surface area contributed by atoms with Crippen molar-refractivity contribution < 1.29 is 4.79 Å². The molecule has 0 aliphatic carbocycles. The van der Waals surface area contributed by atoms with Crippen LogP contribution in [0.1, 0.15) is 30.7 Å². The molecule has 2 N–H and O–H groups in total. The first-order valence-corrected chi connectivity index (χ1v) is 7.79. The summed E-state index contributed by atoms with van der Waals surface area (Å²) in [6.07, 6.45) is 2.26. The topological polar surface area (TPSA) is 44.4 Å². The van der Waals surface area contributed by atoms with E-state index in [1.54, 1.807) is 11.3 Å². The third kappa shape index (κ3) is 4.30. The van der Waals surface area contributed by atoms with E-state index >= 15 is 0 Å². The molecule has 2 rings (SSSR count). The summed E-state index contributed by atoms with van der Waals surface area (Å²) in [5.41, 5.74) is 0. The van der Waals surface area contributed by atoms with E-state index in [1.807, 2.05) is 25.4 Å². The van der Waals surface area contributed by atoms with E-state index in [0.717, 1.165) is 25.9 Å². The van der Waals surface area contributed by atoms with Gasteiger partial charge in [-0.05, 0) is 38.3 Å². The maximum Gasteiger partial charge on any atom is 0.234 e. The van der Waals surface area contributed by atoms with Gasteiger partial charge in [0.1, 0.15) is 0 Å². The number of nitrogens with one attached hydrogen (secondary N) is 2. The Balaban J connectivity index is 1.73. The summed E-state index contributed by atoms with van der Waals surface area (Å²) in [6, 6.07) is 4.81. The zero-order valence-corrected chi connectivity index (χ0v) is 12.5. The highest BCUT2D eigenvalue weighted by Crippen LogP contribution is 2.18. The highest BCUT2D eigenvalue weighted by Gasteiger charge is 2.20. The number of likely N-dealkylation sites (tertiary alicyclic amines) is 1. The molecule has 4 nitrogen and oxygen atoms in total. The molecule has 19 heavy (non-hydrogen) atoms. The molecule has 1 fully saturated rings. The number of hydrogen-bond acceptors (Lipinski definition) is 4. The van der Waals surface area contributed by atoms with Gasteiger partial charge in [-0.15, -0.1) is 11.3 Å². The number of amides is 1. The lowest BCUT2D eigenvalue weighted by Gasteiger charge is -2.31. The molecule has 1 aromatic heterocycles. The molecule has 1 aliphatic rings. The molecular formula is C14H23N3OS. The molecule has 0 spiro atoms. The summed E-state index contributed by atoms with van der Waals surface area (Å²) in [4.78, 5) is 15.5. The van der Waals surface area contributed by atoms with Crippen LogP contribution < -0.4 is 10.6 Å². The molecule has 0 bridgehead atoms. The van der Waals surface area contributed by atoms with Gasteiger partial charge in [-0.3, -0.25) is 9.69 Å². The average Bonchev–Trinajstić information content (AvgIpc) is 2.93. The lowest BCUT2D eigenvalue weighted by Crippen LogP contribution is -2.45. The van der Waals surface area contributed by atoms with E-state index in [4.69, 9.17) is 0 Å². The van der Waals surface area contributed by atoms with E-state index in [1.165, 1.54) is 4.88 Å². The van der Waals surface area contributed by atoms with Crippen molar-refractivity contribution in [1.82, 2.24) is 15.5 Å². The normalized spacial score (nSPS) is 19.3. The monoisotopic (exact) mass is 281 g/mol. The van der Waals surface area contributed by atoms with Gasteiger partial charge >= 0.3 is 0 Å². The first-order valence-electron chi connectivity index (χ1n) is 6.91. The molecule has 0 radical (unpaired) electrons. The Morgan fingerprint density at radius 3 is 2.84 bits per heavy atom. The number of carbonyl (C=O) groups is 1. The number of nitrogens with zero attached hydrogens (tertiary/aromatic N) is 1. The highest BCUT2D eigenvalue weighted by molar-refractivity contribution is 7.10. The number of rotatable bonds is 5. The Hall–Kier alpha value is -0.910. The number of carbonyl (C=O) groups excluding carboxylic acids is 1. The molecule has 2 heterocycles. The second kappa shape index (κ2) is 7.03. The second-order valence-electron chi connectivity index (χ2n) is 5.14. The van der Waals surface area contributed by atoms with Crippen LogP contribution in [-0.4, -0.2) is 43.5 Å². The van der Waals surface area contributed by atoms with Crippen LogP contribution in [0.3, 0.4) is 0 Å². The van der Waals surface area contributed by atoms with Crippen molar-refractivity contribution in [2.45, 2.75) is 31.8 Å². The van der Waals surface area contributed by atoms with Gasteiger partial charge < -0.3 is 10.6 Å². The van der Waals surface area contributed by atoms with Crippen molar-refractivity contribution >= 4 is 17.2 Å². The smallest absolute Gasteiger partial charge is 0.234 e. The fourth-order valence-corrected chi connectivity index (χ4v) is 3.21. The summed E-state index contributed by atoms with van der Waals surface area (Å²) < 4.78 is 0. The third-order valence-corrected chi connectivity index (χ3v) is 4.77. The van der Waals surface area contributed by atoms with Gasteiger partial charge in [0.05, 0.1) is 12.6 Å². The lowest BCUT2D eigenvalue weighted by molar-refractivity contribution is -0.123.